The molecule has 0 amide bonds. The van der Waals surface area contributed by atoms with Crippen molar-refractivity contribution in [2.45, 2.75) is 30.1 Å². The lowest BCUT2D eigenvalue weighted by molar-refractivity contribution is 0.123. The molecule has 4 heterocycles. The molecule has 1 saturated carbocycles. The first-order chi connectivity index (χ1) is 16.3. The molecule has 0 unspecified atom stereocenters. The molecule has 0 radical (unpaired) electrons. The summed E-state index contributed by atoms with van der Waals surface area (Å²) in [6.45, 7) is 1.66. The van der Waals surface area contributed by atoms with Crippen molar-refractivity contribution < 1.29 is 17.9 Å². The number of ether oxygens (including phenoxy) is 1. The maximum atomic E-state index is 14.9. The Balaban J connectivity index is 1.49. The largest absolute Gasteiger partial charge is 0.463 e. The van der Waals surface area contributed by atoms with E-state index in [1.54, 1.807) is 13.0 Å². The van der Waals surface area contributed by atoms with E-state index in [0.29, 0.717) is 22.5 Å². The molecule has 1 fully saturated rings. The molecule has 34 heavy (non-hydrogen) atoms. The first-order valence-electron chi connectivity index (χ1n) is 10.2. The number of aliphatic imine (C=N–C) groups is 1. The normalized spacial score (nSPS) is 25.4. The maximum Gasteiger partial charge on any atom is 0.253 e. The smallest absolute Gasteiger partial charge is 0.253 e. The van der Waals surface area contributed by atoms with Crippen molar-refractivity contribution in [2.24, 2.45) is 16.6 Å². The Labute approximate surface area is 196 Å². The summed E-state index contributed by atoms with van der Waals surface area (Å²) in [7, 11) is 0. The predicted molar refractivity (Wildman–Crippen MR) is 123 cm³/mol. The number of fused-ring (bicyclic) bond motifs is 2. The van der Waals surface area contributed by atoms with Gasteiger partial charge in [-0.15, -0.1) is 6.42 Å². The number of hydrogen-bond acceptors (Lipinski definition) is 9. The lowest BCUT2D eigenvalue weighted by Crippen LogP contribution is -2.39. The molecule has 1 aliphatic heterocycles. The third kappa shape index (κ3) is 3.56. The Kier molecular flexibility index (Phi) is 5.24. The van der Waals surface area contributed by atoms with Crippen LogP contribution in [0.4, 0.5) is 24.7 Å². The van der Waals surface area contributed by atoms with Gasteiger partial charge < -0.3 is 15.8 Å². The highest BCUT2D eigenvalue weighted by molar-refractivity contribution is 8.15. The number of rotatable bonds is 6. The van der Waals surface area contributed by atoms with Crippen LogP contribution in [0.5, 0.6) is 5.88 Å². The molecule has 3 aromatic rings. The zero-order valence-corrected chi connectivity index (χ0v) is 18.6. The first-order valence-corrected chi connectivity index (χ1v) is 11.0. The highest BCUT2D eigenvalue weighted by Gasteiger charge is 2.71. The second-order valence-electron chi connectivity index (χ2n) is 8.13. The van der Waals surface area contributed by atoms with Crippen molar-refractivity contribution in [3.8, 4) is 18.2 Å². The summed E-state index contributed by atoms with van der Waals surface area (Å²) < 4.78 is 46.4. The SMILES string of the molecule is C#CCOc1cnc2c(Nc3cnc(F)c([C@]4(C)N=C(N)S[C@@]5(C(F)F)C[C@@H]45)c3)nccc2n1. The highest BCUT2D eigenvalue weighted by Crippen LogP contribution is 2.68. The maximum absolute atomic E-state index is 14.9. The first kappa shape index (κ1) is 22.2. The highest BCUT2D eigenvalue weighted by atomic mass is 32.2. The average Bonchev–Trinajstić information content (AvgIpc) is 3.56. The predicted octanol–water partition coefficient (Wildman–Crippen LogP) is 3.62. The van der Waals surface area contributed by atoms with Gasteiger partial charge in [0.05, 0.1) is 33.9 Å². The number of alkyl halides is 2. The monoisotopic (exact) mass is 485 g/mol. The topological polar surface area (TPSA) is 111 Å². The third-order valence-electron chi connectivity index (χ3n) is 6.03. The molecule has 3 aromatic heterocycles. The number of amidine groups is 1. The second-order valence-corrected chi connectivity index (χ2v) is 9.51. The van der Waals surface area contributed by atoms with E-state index >= 15 is 0 Å². The van der Waals surface area contributed by atoms with E-state index in [1.807, 2.05) is 0 Å². The van der Waals surface area contributed by atoms with Crippen LogP contribution in [-0.2, 0) is 5.54 Å². The van der Waals surface area contributed by atoms with Crippen LogP contribution in [0.15, 0.2) is 35.7 Å². The lowest BCUT2D eigenvalue weighted by atomic mass is 9.86. The van der Waals surface area contributed by atoms with Crippen LogP contribution in [0.25, 0.3) is 11.0 Å². The van der Waals surface area contributed by atoms with Crippen molar-refractivity contribution in [3.63, 3.8) is 0 Å². The van der Waals surface area contributed by atoms with Crippen molar-refractivity contribution in [1.29, 1.82) is 0 Å². The van der Waals surface area contributed by atoms with Crippen LogP contribution in [0, 0.1) is 24.2 Å². The number of nitrogens with two attached hydrogens (primary N) is 1. The zero-order valence-electron chi connectivity index (χ0n) is 17.8. The van der Waals surface area contributed by atoms with E-state index in [9.17, 15) is 13.2 Å². The van der Waals surface area contributed by atoms with E-state index in [4.69, 9.17) is 16.9 Å². The number of hydrogen-bond donors (Lipinski definition) is 2. The Morgan fingerprint density at radius 1 is 1.35 bits per heavy atom. The summed E-state index contributed by atoms with van der Waals surface area (Å²) in [5.41, 5.74) is 5.98. The van der Waals surface area contributed by atoms with Gasteiger partial charge in [0.25, 0.3) is 6.43 Å². The minimum Gasteiger partial charge on any atom is -0.463 e. The number of nitrogens with one attached hydrogen (secondary N) is 1. The van der Waals surface area contributed by atoms with Crippen LogP contribution in [0.3, 0.4) is 0 Å². The summed E-state index contributed by atoms with van der Waals surface area (Å²) in [6, 6.07) is 3.14. The van der Waals surface area contributed by atoms with Crippen LogP contribution in [0.1, 0.15) is 18.9 Å². The Morgan fingerprint density at radius 3 is 2.94 bits per heavy atom. The number of thioether (sulfide) groups is 1. The van der Waals surface area contributed by atoms with Crippen LogP contribution in [0.2, 0.25) is 0 Å². The molecule has 8 nitrogen and oxygen atoms in total. The average molecular weight is 485 g/mol. The van der Waals surface area contributed by atoms with Gasteiger partial charge in [-0.1, -0.05) is 17.7 Å². The van der Waals surface area contributed by atoms with E-state index in [2.05, 4.69) is 36.2 Å². The van der Waals surface area contributed by atoms with Gasteiger partial charge in [-0.05, 0) is 25.5 Å². The number of aromatic nitrogens is 4. The summed E-state index contributed by atoms with van der Waals surface area (Å²) in [4.78, 5) is 21.2. The number of nitrogens with zero attached hydrogens (tertiary/aromatic N) is 5. The summed E-state index contributed by atoms with van der Waals surface area (Å²) in [5, 5.41) is 3.06. The summed E-state index contributed by atoms with van der Waals surface area (Å²) in [6.07, 6.45) is 6.98. The van der Waals surface area contributed by atoms with Crippen LogP contribution in [-0.4, -0.2) is 42.9 Å². The minimum absolute atomic E-state index is 0.00293. The Hall–Kier alpha value is -3.59. The summed E-state index contributed by atoms with van der Waals surface area (Å²) in [5.74, 6) is 1.58. The van der Waals surface area contributed by atoms with Gasteiger partial charge in [-0.3, -0.25) is 4.99 Å². The molecule has 3 N–H and O–H groups in total. The van der Waals surface area contributed by atoms with Gasteiger partial charge >= 0.3 is 0 Å². The lowest BCUT2D eigenvalue weighted by Gasteiger charge is -2.33. The number of pyridine rings is 2. The Morgan fingerprint density at radius 2 is 2.18 bits per heavy atom. The van der Waals surface area contributed by atoms with Crippen molar-refractivity contribution in [3.05, 3.63) is 42.2 Å². The summed E-state index contributed by atoms with van der Waals surface area (Å²) >= 11 is 0.861. The van der Waals surface area contributed by atoms with Crippen LogP contribution >= 0.6 is 11.8 Å². The number of terminal acetylenes is 1. The van der Waals surface area contributed by atoms with Gasteiger partial charge in [-0.25, -0.2) is 28.7 Å². The van der Waals surface area contributed by atoms with Gasteiger partial charge in [0, 0.05) is 17.7 Å². The van der Waals surface area contributed by atoms with Crippen LogP contribution < -0.4 is 15.8 Å². The van der Waals surface area contributed by atoms with E-state index in [1.165, 1.54) is 24.7 Å². The second kappa shape index (κ2) is 8.02. The zero-order chi connectivity index (χ0) is 24.1. The molecule has 5 rings (SSSR count). The van der Waals surface area contributed by atoms with Gasteiger partial charge in [-0.2, -0.15) is 4.39 Å². The number of halogens is 3. The van der Waals surface area contributed by atoms with E-state index < -0.39 is 28.6 Å². The minimum atomic E-state index is -2.61. The molecule has 2 aliphatic rings. The molecule has 174 valence electrons. The molecule has 0 spiro atoms. The molecule has 0 aromatic carbocycles. The molecule has 0 saturated heterocycles. The third-order valence-corrected chi connectivity index (χ3v) is 7.34. The molecule has 1 aliphatic carbocycles. The molecule has 0 bridgehead atoms. The fraction of sp³-hybridized carbons (Fsp3) is 0.318. The van der Waals surface area contributed by atoms with E-state index in [-0.39, 0.29) is 29.6 Å². The van der Waals surface area contributed by atoms with Gasteiger partial charge in [0.15, 0.2) is 17.6 Å². The standard InChI is InChI=1S/C22H18F3N7OS/c1-3-6-33-15-10-28-16-13(31-15)4-5-27-18(16)30-11-7-12(17(23)29-9-11)21(2)14-8-22(14,19(24)25)34-20(26)32-21/h1,4-5,7,9-10,14,19H,6,8H2,2H3,(H2,26,32)(H,27,30)/t14-,21-,22-/m0/s1. The Bertz CT molecular complexity index is 1360. The molecule has 3 atom stereocenters. The van der Waals surface area contributed by atoms with Gasteiger partial charge in [0.1, 0.15) is 5.52 Å². The fourth-order valence-corrected chi connectivity index (χ4v) is 5.65. The molecular formula is C22H18F3N7OS. The van der Waals surface area contributed by atoms with Crippen molar-refractivity contribution in [1.82, 2.24) is 19.9 Å². The van der Waals surface area contributed by atoms with Crippen molar-refractivity contribution in [2.75, 3.05) is 11.9 Å². The van der Waals surface area contributed by atoms with Gasteiger partial charge in [0.2, 0.25) is 11.8 Å². The molecular weight excluding hydrogens is 467 g/mol. The van der Waals surface area contributed by atoms with E-state index in [0.717, 1.165) is 11.8 Å². The quantitative estimate of drug-likeness (QED) is 0.402. The molecule has 12 heteroatoms. The number of anilines is 2. The van der Waals surface area contributed by atoms with Crippen molar-refractivity contribution >= 4 is 39.5 Å². The fourth-order valence-electron chi connectivity index (χ4n) is 4.32.